The fraction of sp³-hybridized carbons (Fsp3) is 0.414. The molecule has 4 rings (SSSR count). The number of carbonyl (C=O) groups is 1. The molecule has 3 aromatic rings. The highest BCUT2D eigenvalue weighted by atomic mass is 127. The lowest BCUT2D eigenvalue weighted by atomic mass is 9.83. The van der Waals surface area contributed by atoms with Gasteiger partial charge in [-0.15, -0.1) is 0 Å². The van der Waals surface area contributed by atoms with Crippen molar-refractivity contribution in [2.45, 2.75) is 45.8 Å². The van der Waals surface area contributed by atoms with Crippen LogP contribution in [-0.4, -0.2) is 67.2 Å². The Morgan fingerprint density at radius 2 is 2.05 bits per heavy atom. The summed E-state index contributed by atoms with van der Waals surface area (Å²) >= 11 is -0.212. The summed E-state index contributed by atoms with van der Waals surface area (Å²) in [6, 6.07) is 13.8. The summed E-state index contributed by atoms with van der Waals surface area (Å²) in [6.07, 6.45) is 3.62. The van der Waals surface area contributed by atoms with Crippen LogP contribution < -0.4 is 10.1 Å². The number of aryl methyl sites for hydroxylation is 1. The zero-order valence-electron chi connectivity index (χ0n) is 22.3. The lowest BCUT2D eigenvalue weighted by Crippen LogP contribution is -2.47. The first-order valence-electron chi connectivity index (χ1n) is 12.9. The molecule has 1 amide bonds. The molecule has 0 radical (unpaired) electrons. The Hall–Kier alpha value is -2.60. The molecule has 38 heavy (non-hydrogen) atoms. The van der Waals surface area contributed by atoms with Crippen LogP contribution in [0.4, 0.5) is 5.69 Å². The predicted octanol–water partition coefficient (Wildman–Crippen LogP) is 4.36. The third kappa shape index (κ3) is 6.69. The van der Waals surface area contributed by atoms with E-state index in [1.54, 1.807) is 17.8 Å². The molecule has 2 heterocycles. The van der Waals surface area contributed by atoms with Crippen molar-refractivity contribution in [3.05, 3.63) is 69.1 Å². The summed E-state index contributed by atoms with van der Waals surface area (Å²) < 4.78 is 12.9. The molecule has 1 aromatic heterocycles. The highest BCUT2D eigenvalue weighted by Crippen LogP contribution is 2.31. The maximum absolute atomic E-state index is 13.1. The van der Waals surface area contributed by atoms with E-state index in [1.165, 1.54) is 3.57 Å². The molecule has 1 fully saturated rings. The zero-order valence-corrected chi connectivity index (χ0v) is 24.4. The third-order valence-electron chi connectivity index (χ3n) is 7.11. The number of aliphatic hydroxyl groups is 2. The van der Waals surface area contributed by atoms with E-state index in [2.05, 4.69) is 32.0 Å². The Labute approximate surface area is 234 Å². The highest BCUT2D eigenvalue weighted by molar-refractivity contribution is 14.2. The first-order chi connectivity index (χ1) is 18.2. The number of nitrogens with one attached hydrogen (secondary N) is 1. The Kier molecular flexibility index (Phi) is 9.35. The molecule has 2 atom stereocenters. The second kappa shape index (κ2) is 12.5. The molecule has 0 bridgehead atoms. The summed E-state index contributed by atoms with van der Waals surface area (Å²) in [5.74, 6) is 0.513. The van der Waals surface area contributed by atoms with Gasteiger partial charge in [-0.2, -0.15) is 5.10 Å². The number of likely N-dealkylation sites (tertiary alicyclic amines) is 1. The van der Waals surface area contributed by atoms with Gasteiger partial charge in [0.25, 0.3) is 5.91 Å². The van der Waals surface area contributed by atoms with Crippen molar-refractivity contribution >= 4 is 36.8 Å². The molecule has 0 aliphatic carbocycles. The summed E-state index contributed by atoms with van der Waals surface area (Å²) in [5, 5.41) is 27.7. The number of aliphatic hydroxyl groups excluding tert-OH is 1. The number of benzene rings is 2. The molecule has 1 saturated heterocycles. The molecule has 8 nitrogen and oxygen atoms in total. The lowest BCUT2D eigenvalue weighted by Gasteiger charge is -2.39. The first kappa shape index (κ1) is 28.4. The van der Waals surface area contributed by atoms with E-state index in [0.29, 0.717) is 36.6 Å². The molecular weight excluding hydrogens is 595 g/mol. The van der Waals surface area contributed by atoms with E-state index < -0.39 is 5.60 Å². The van der Waals surface area contributed by atoms with E-state index in [-0.39, 0.29) is 39.2 Å². The summed E-state index contributed by atoms with van der Waals surface area (Å²) in [6.45, 7) is 8.03. The van der Waals surface area contributed by atoms with Crippen LogP contribution in [0.1, 0.15) is 48.3 Å². The van der Waals surface area contributed by atoms with Crippen molar-refractivity contribution in [3.8, 4) is 11.4 Å². The minimum Gasteiger partial charge on any atom is -0.493 e. The van der Waals surface area contributed by atoms with Gasteiger partial charge in [0.15, 0.2) is 0 Å². The quantitative estimate of drug-likeness (QED) is 0.288. The van der Waals surface area contributed by atoms with E-state index in [0.717, 1.165) is 36.4 Å². The van der Waals surface area contributed by atoms with Crippen molar-refractivity contribution < 1.29 is 19.7 Å². The number of amides is 1. The number of carbonyl (C=O) groups excluding carboxylic acids is 1. The van der Waals surface area contributed by atoms with Gasteiger partial charge in [0.1, 0.15) is 5.75 Å². The number of aromatic nitrogens is 2. The molecule has 2 aromatic carbocycles. The minimum atomic E-state index is -1.08. The summed E-state index contributed by atoms with van der Waals surface area (Å²) in [7, 11) is 0. The Balaban J connectivity index is 1.47. The molecule has 0 saturated carbocycles. The molecule has 1 aliphatic heterocycles. The Morgan fingerprint density at radius 1 is 1.29 bits per heavy atom. The van der Waals surface area contributed by atoms with Gasteiger partial charge in [-0.1, -0.05) is 31.3 Å². The van der Waals surface area contributed by atoms with Crippen molar-refractivity contribution in [3.63, 3.8) is 0 Å². The number of anilines is 1. The zero-order chi connectivity index (χ0) is 27.3. The van der Waals surface area contributed by atoms with Crippen LogP contribution in [0, 0.1) is 16.4 Å². The van der Waals surface area contributed by atoms with Crippen molar-refractivity contribution in [2.75, 3.05) is 31.6 Å². The standard InChI is InChI=1S/C29H37IN4O4/c1-5-38-27-15-24(11-8-21(27)16-33-14-6-7-22(17-33)29(3,37)19-35)31-28(36)26-18-34(32-20(26)2)25-12-9-23(30-4)10-13-25/h8-13,15,18,22,35,37H,4-7,14,16-17,19H2,1-3H3,(H,31,36)/t22-,29+/m0/s1. The van der Waals surface area contributed by atoms with E-state index in [4.69, 9.17) is 4.74 Å². The van der Waals surface area contributed by atoms with Gasteiger partial charge in [0, 0.05) is 46.1 Å². The SMILES string of the molecule is C=Ic1ccc(-n2cc(C(=O)Nc3ccc(CN4CCC[C@H]([C@](C)(O)CO)C4)c(OCC)c3)c(C)n2)cc1. The molecule has 3 N–H and O–H groups in total. The fourth-order valence-electron chi connectivity index (χ4n) is 4.83. The van der Waals surface area contributed by atoms with Crippen LogP contribution in [0.25, 0.3) is 5.69 Å². The van der Waals surface area contributed by atoms with Crippen molar-refractivity contribution in [2.24, 2.45) is 5.92 Å². The normalized spacial score (nSPS) is 17.7. The summed E-state index contributed by atoms with van der Waals surface area (Å²) in [5.41, 5.74) is 2.65. The highest BCUT2D eigenvalue weighted by Gasteiger charge is 2.34. The lowest BCUT2D eigenvalue weighted by molar-refractivity contribution is -0.0697. The van der Waals surface area contributed by atoms with E-state index in [9.17, 15) is 15.0 Å². The topological polar surface area (TPSA) is 99.9 Å². The first-order valence-corrected chi connectivity index (χ1v) is 15.5. The van der Waals surface area contributed by atoms with Crippen LogP contribution >= 0.6 is 20.7 Å². The van der Waals surface area contributed by atoms with Gasteiger partial charge in [-0.3, -0.25) is 9.69 Å². The average molecular weight is 633 g/mol. The summed E-state index contributed by atoms with van der Waals surface area (Å²) in [4.78, 5) is 15.4. The number of ether oxygens (including phenoxy) is 1. The third-order valence-corrected chi connectivity index (χ3v) is 8.71. The Morgan fingerprint density at radius 3 is 2.74 bits per heavy atom. The van der Waals surface area contributed by atoms with Crippen LogP contribution in [-0.2, 0) is 6.54 Å². The molecule has 1 aliphatic rings. The van der Waals surface area contributed by atoms with Gasteiger partial charge in [0.05, 0.1) is 35.8 Å². The van der Waals surface area contributed by atoms with Gasteiger partial charge in [0.2, 0.25) is 0 Å². The van der Waals surface area contributed by atoms with Crippen LogP contribution in [0.3, 0.4) is 0 Å². The van der Waals surface area contributed by atoms with Gasteiger partial charge in [-0.05, 0) is 70.5 Å². The maximum atomic E-state index is 13.1. The number of halogens is 1. The minimum absolute atomic E-state index is 0.0163. The number of rotatable bonds is 10. The molecule has 0 unspecified atom stereocenters. The second-order valence-electron chi connectivity index (χ2n) is 9.98. The number of nitrogens with zero attached hydrogens (tertiary/aromatic N) is 3. The number of hydrogen-bond acceptors (Lipinski definition) is 6. The largest absolute Gasteiger partial charge is 0.493 e. The monoisotopic (exact) mass is 632 g/mol. The molecular formula is C29H37IN4O4. The van der Waals surface area contributed by atoms with Crippen LogP contribution in [0.15, 0.2) is 48.7 Å². The van der Waals surface area contributed by atoms with E-state index in [1.807, 2.05) is 44.2 Å². The maximum Gasteiger partial charge on any atom is 0.259 e. The molecule has 0 spiro atoms. The van der Waals surface area contributed by atoms with Gasteiger partial charge < -0.3 is 20.3 Å². The average Bonchev–Trinajstić information content (AvgIpc) is 3.32. The second-order valence-corrected chi connectivity index (χ2v) is 12.0. The van der Waals surface area contributed by atoms with Crippen LogP contribution in [0.5, 0.6) is 5.75 Å². The van der Waals surface area contributed by atoms with Gasteiger partial charge in [-0.25, -0.2) is 4.68 Å². The van der Waals surface area contributed by atoms with E-state index >= 15 is 0 Å². The van der Waals surface area contributed by atoms with Crippen LogP contribution in [0.2, 0.25) is 0 Å². The smallest absolute Gasteiger partial charge is 0.259 e. The van der Waals surface area contributed by atoms with Crippen molar-refractivity contribution in [1.82, 2.24) is 14.7 Å². The Bertz CT molecular complexity index is 1270. The van der Waals surface area contributed by atoms with Gasteiger partial charge >= 0.3 is 0 Å². The predicted molar refractivity (Wildman–Crippen MR) is 159 cm³/mol. The van der Waals surface area contributed by atoms with Crippen molar-refractivity contribution in [1.29, 1.82) is 0 Å². The number of piperidine rings is 1. The fourth-order valence-corrected chi connectivity index (χ4v) is 5.69. The number of hydrogen-bond donors (Lipinski definition) is 3. The molecule has 9 heteroatoms. The molecule has 204 valence electrons.